The molecular formula is C23H31NOSi3. The molecule has 4 rings (SSSR count). The molecule has 2 nitrogen and oxygen atoms in total. The molecule has 0 spiro atoms. The minimum atomic E-state index is -1.75. The van der Waals surface area contributed by atoms with Gasteiger partial charge in [-0.2, -0.15) is 0 Å². The summed E-state index contributed by atoms with van der Waals surface area (Å²) in [5.74, 6) is -0.256. The molecule has 0 saturated carbocycles. The summed E-state index contributed by atoms with van der Waals surface area (Å²) in [7, 11) is -4.98. The van der Waals surface area contributed by atoms with Crippen LogP contribution in [0.3, 0.4) is 0 Å². The quantitative estimate of drug-likeness (QED) is 0.728. The fourth-order valence-electron chi connectivity index (χ4n) is 5.51. The van der Waals surface area contributed by atoms with Crippen molar-refractivity contribution in [1.82, 2.24) is 0 Å². The fraction of sp³-hybridized carbons (Fsp3) is 0.348. The Labute approximate surface area is 171 Å². The van der Waals surface area contributed by atoms with Gasteiger partial charge in [0.1, 0.15) is 0 Å². The number of carbonyl (C=O) groups is 1. The first-order valence-corrected chi connectivity index (χ1v) is 21.2. The van der Waals surface area contributed by atoms with Crippen LogP contribution >= 0.6 is 0 Å². The van der Waals surface area contributed by atoms with Gasteiger partial charge >= 0.3 is 0 Å². The SMILES string of the molecule is CC1=Cc2c(cccc2-c2ccc(C(N)=O)c3c2[Si](C)(C)[Si](C)(C)[Si]3(C)C)C1. The maximum atomic E-state index is 12.4. The van der Waals surface area contributed by atoms with Gasteiger partial charge in [0.15, 0.2) is 0 Å². The van der Waals surface area contributed by atoms with E-state index in [0.717, 1.165) is 12.0 Å². The molecule has 0 saturated heterocycles. The van der Waals surface area contributed by atoms with Crippen LogP contribution < -0.4 is 16.1 Å². The molecule has 1 aliphatic heterocycles. The third-order valence-corrected chi connectivity index (χ3v) is 49.7. The number of primary amides is 1. The minimum absolute atomic E-state index is 0.256. The molecule has 2 aromatic rings. The largest absolute Gasteiger partial charge is 0.366 e. The highest BCUT2D eigenvalue weighted by atomic mass is 29.6. The van der Waals surface area contributed by atoms with E-state index < -0.39 is 22.3 Å². The molecule has 2 aromatic carbocycles. The predicted octanol–water partition coefficient (Wildman–Crippen LogP) is 4.12. The highest BCUT2D eigenvalue weighted by Crippen LogP contribution is 2.40. The first-order chi connectivity index (χ1) is 12.9. The minimum Gasteiger partial charge on any atom is -0.366 e. The van der Waals surface area contributed by atoms with Crippen LogP contribution in [-0.4, -0.2) is 28.2 Å². The van der Waals surface area contributed by atoms with Crippen molar-refractivity contribution in [2.24, 2.45) is 5.73 Å². The summed E-state index contributed by atoms with van der Waals surface area (Å²) in [6, 6.07) is 11.0. The lowest BCUT2D eigenvalue weighted by atomic mass is 9.96. The average molecular weight is 422 g/mol. The second kappa shape index (κ2) is 5.91. The molecule has 0 aromatic heterocycles. The van der Waals surface area contributed by atoms with Crippen LogP contribution in [0.4, 0.5) is 0 Å². The Morgan fingerprint density at radius 1 is 0.893 bits per heavy atom. The summed E-state index contributed by atoms with van der Waals surface area (Å²) in [6.45, 7) is 17.5. The summed E-state index contributed by atoms with van der Waals surface area (Å²) in [6.07, 6.45) is 3.40. The van der Waals surface area contributed by atoms with E-state index in [1.807, 2.05) is 6.07 Å². The van der Waals surface area contributed by atoms with Gasteiger partial charge in [-0.25, -0.2) is 0 Å². The number of hydrogen-bond acceptors (Lipinski definition) is 1. The van der Waals surface area contributed by atoms with Crippen molar-refractivity contribution >= 4 is 44.6 Å². The van der Waals surface area contributed by atoms with Crippen LogP contribution in [0.5, 0.6) is 0 Å². The van der Waals surface area contributed by atoms with Gasteiger partial charge in [0.2, 0.25) is 5.91 Å². The van der Waals surface area contributed by atoms with Gasteiger partial charge in [-0.1, -0.05) is 85.6 Å². The fourth-order valence-corrected chi connectivity index (χ4v) is 40.5. The molecule has 146 valence electrons. The van der Waals surface area contributed by atoms with Gasteiger partial charge in [0.25, 0.3) is 0 Å². The zero-order valence-corrected chi connectivity index (χ0v) is 21.2. The van der Waals surface area contributed by atoms with Crippen LogP contribution in [0, 0.1) is 0 Å². The Bertz CT molecular complexity index is 1060. The molecule has 0 bridgehead atoms. The first kappa shape index (κ1) is 19.6. The third kappa shape index (κ3) is 2.33. The molecule has 0 fully saturated rings. The second-order valence-corrected chi connectivity index (χ2v) is 37.4. The monoisotopic (exact) mass is 421 g/mol. The molecule has 0 radical (unpaired) electrons. The van der Waals surface area contributed by atoms with Crippen molar-refractivity contribution in [3.05, 3.63) is 52.6 Å². The molecule has 2 aliphatic rings. The van der Waals surface area contributed by atoms with E-state index in [2.05, 4.69) is 76.5 Å². The lowest BCUT2D eigenvalue weighted by molar-refractivity contribution is 0.100. The van der Waals surface area contributed by atoms with E-state index in [-0.39, 0.29) is 5.91 Å². The van der Waals surface area contributed by atoms with Gasteiger partial charge in [0, 0.05) is 12.7 Å². The van der Waals surface area contributed by atoms with Crippen LogP contribution in [0.15, 0.2) is 35.9 Å². The summed E-state index contributed by atoms with van der Waals surface area (Å²) in [5, 5.41) is 2.94. The Balaban J connectivity index is 2.13. The van der Waals surface area contributed by atoms with Crippen molar-refractivity contribution in [2.75, 3.05) is 0 Å². The number of rotatable bonds is 2. The molecular weight excluding hydrogens is 391 g/mol. The number of hydrogen-bond donors (Lipinski definition) is 1. The lowest BCUT2D eigenvalue weighted by Gasteiger charge is -2.40. The number of nitrogens with two attached hydrogens (primary N) is 1. The zero-order chi connectivity index (χ0) is 20.6. The summed E-state index contributed by atoms with van der Waals surface area (Å²) in [4.78, 5) is 12.4. The van der Waals surface area contributed by atoms with Crippen LogP contribution in [0.2, 0.25) is 39.3 Å². The van der Waals surface area contributed by atoms with Crippen molar-refractivity contribution < 1.29 is 4.79 Å². The number of amides is 1. The van der Waals surface area contributed by atoms with Crippen LogP contribution in [0.1, 0.15) is 28.4 Å². The number of allylic oxidation sites excluding steroid dienone is 1. The summed E-state index contributed by atoms with van der Waals surface area (Å²) >= 11 is 0. The molecule has 5 heteroatoms. The molecule has 1 heterocycles. The van der Waals surface area contributed by atoms with Crippen molar-refractivity contribution in [2.45, 2.75) is 52.6 Å². The van der Waals surface area contributed by atoms with Crippen molar-refractivity contribution in [3.8, 4) is 11.1 Å². The van der Waals surface area contributed by atoms with Crippen molar-refractivity contribution in [1.29, 1.82) is 0 Å². The average Bonchev–Trinajstić information content (AvgIpc) is 3.03. The van der Waals surface area contributed by atoms with Gasteiger partial charge in [0.05, 0.1) is 15.2 Å². The van der Waals surface area contributed by atoms with E-state index >= 15 is 0 Å². The van der Waals surface area contributed by atoms with Crippen LogP contribution in [-0.2, 0) is 6.42 Å². The Kier molecular flexibility index (Phi) is 4.14. The normalized spacial score (nSPS) is 20.5. The van der Waals surface area contributed by atoms with Crippen LogP contribution in [0.25, 0.3) is 17.2 Å². The predicted molar refractivity (Wildman–Crippen MR) is 129 cm³/mol. The second-order valence-electron chi connectivity index (χ2n) is 10.2. The highest BCUT2D eigenvalue weighted by molar-refractivity contribution is 7.76. The number of benzene rings is 2. The molecule has 1 aliphatic carbocycles. The molecule has 0 unspecified atom stereocenters. The topological polar surface area (TPSA) is 43.1 Å². The molecule has 1 amide bonds. The van der Waals surface area contributed by atoms with Crippen molar-refractivity contribution in [3.63, 3.8) is 0 Å². The maximum absolute atomic E-state index is 12.4. The lowest BCUT2D eigenvalue weighted by Crippen LogP contribution is -2.68. The van der Waals surface area contributed by atoms with E-state index in [0.29, 0.717) is 0 Å². The molecule has 2 N–H and O–H groups in total. The first-order valence-electron chi connectivity index (χ1n) is 10.2. The Morgan fingerprint density at radius 3 is 2.18 bits per heavy atom. The summed E-state index contributed by atoms with van der Waals surface area (Å²) in [5.41, 5.74) is 13.6. The number of carbonyl (C=O) groups excluding carboxylic acids is 1. The van der Waals surface area contributed by atoms with E-state index in [4.69, 9.17) is 5.73 Å². The zero-order valence-electron chi connectivity index (χ0n) is 18.2. The van der Waals surface area contributed by atoms with E-state index in [1.165, 1.54) is 33.0 Å². The summed E-state index contributed by atoms with van der Waals surface area (Å²) < 4.78 is 0. The third-order valence-electron chi connectivity index (χ3n) is 8.19. The van der Waals surface area contributed by atoms with Gasteiger partial charge in [-0.15, -0.1) is 0 Å². The molecule has 28 heavy (non-hydrogen) atoms. The van der Waals surface area contributed by atoms with E-state index in [1.54, 1.807) is 5.19 Å². The molecule has 0 atom stereocenters. The standard InChI is InChI=1S/C23H31NOSi3/c1-15-13-16-9-8-10-17(20(16)14-15)18-11-12-19(23(24)25)22-21(18)26(2,3)28(6,7)27(22,4)5/h8-12,14H,13H2,1-7H3,(H2,24,25). The Morgan fingerprint density at radius 2 is 1.54 bits per heavy atom. The highest BCUT2D eigenvalue weighted by Gasteiger charge is 2.62. The van der Waals surface area contributed by atoms with E-state index in [9.17, 15) is 4.79 Å². The Hall–Kier alpha value is -1.70. The van der Waals surface area contributed by atoms with Gasteiger partial charge in [-0.3, -0.25) is 4.79 Å². The smallest absolute Gasteiger partial charge is 0.248 e. The maximum Gasteiger partial charge on any atom is 0.248 e. The van der Waals surface area contributed by atoms with Gasteiger partial charge < -0.3 is 5.73 Å². The number of fused-ring (bicyclic) bond motifs is 2. The van der Waals surface area contributed by atoms with Gasteiger partial charge in [-0.05, 0) is 41.7 Å².